The fraction of sp³-hybridized carbons (Fsp3) is 0.458. The summed E-state index contributed by atoms with van der Waals surface area (Å²) in [6, 6.07) is 5.67. The van der Waals surface area contributed by atoms with Gasteiger partial charge in [0.15, 0.2) is 0 Å². The fourth-order valence-corrected chi connectivity index (χ4v) is 4.20. The van der Waals surface area contributed by atoms with Crippen LogP contribution in [0.3, 0.4) is 0 Å². The lowest BCUT2D eigenvalue weighted by Crippen LogP contribution is -2.52. The van der Waals surface area contributed by atoms with Crippen molar-refractivity contribution in [1.29, 1.82) is 0 Å². The molecule has 0 aromatic heterocycles. The lowest BCUT2D eigenvalue weighted by molar-refractivity contribution is -0.139. The molecule has 5 atom stereocenters. The van der Waals surface area contributed by atoms with Gasteiger partial charge in [-0.3, -0.25) is 9.59 Å². The summed E-state index contributed by atoms with van der Waals surface area (Å²) in [5.74, 6) is -0.422. The van der Waals surface area contributed by atoms with Crippen LogP contribution in [0.1, 0.15) is 37.0 Å². The van der Waals surface area contributed by atoms with Crippen molar-refractivity contribution >= 4 is 23.5 Å². The Kier molecular flexibility index (Phi) is 6.53. The molecule has 1 saturated heterocycles. The smallest absolute Gasteiger partial charge is 0.337 e. The third-order valence-corrected chi connectivity index (χ3v) is 6.29. The Labute approximate surface area is 183 Å². The quantitative estimate of drug-likeness (QED) is 0.494. The predicted molar refractivity (Wildman–Crippen MR) is 120 cm³/mol. The SMILES string of the molecule is C=C[C@@H]1C[C@@H](C(=O)N[C@]2(C)C[C@H]2C=C)N(C(=O)[C@H](C)Nc2cccc(C(=O)OC)c2)C1. The predicted octanol–water partition coefficient (Wildman–Crippen LogP) is 2.76. The molecule has 1 aliphatic heterocycles. The first-order valence-corrected chi connectivity index (χ1v) is 10.5. The Balaban J connectivity index is 1.70. The molecule has 0 spiro atoms. The Hall–Kier alpha value is -3.09. The fourth-order valence-electron chi connectivity index (χ4n) is 4.20. The van der Waals surface area contributed by atoms with E-state index in [1.165, 1.54) is 7.11 Å². The molecular formula is C24H31N3O4. The van der Waals surface area contributed by atoms with Crippen molar-refractivity contribution in [2.24, 2.45) is 11.8 Å². The molecule has 31 heavy (non-hydrogen) atoms. The van der Waals surface area contributed by atoms with Crippen LogP contribution in [-0.2, 0) is 14.3 Å². The number of hydrogen-bond donors (Lipinski definition) is 2. The Morgan fingerprint density at radius 2 is 2.03 bits per heavy atom. The highest BCUT2D eigenvalue weighted by Gasteiger charge is 2.51. The summed E-state index contributed by atoms with van der Waals surface area (Å²) < 4.78 is 4.75. The van der Waals surface area contributed by atoms with E-state index in [0.717, 1.165) is 6.42 Å². The molecule has 1 aliphatic carbocycles. The molecule has 1 saturated carbocycles. The van der Waals surface area contributed by atoms with E-state index >= 15 is 0 Å². The third kappa shape index (κ3) is 4.81. The van der Waals surface area contributed by atoms with Gasteiger partial charge in [-0.15, -0.1) is 13.2 Å². The monoisotopic (exact) mass is 425 g/mol. The lowest BCUT2D eigenvalue weighted by Gasteiger charge is -2.28. The number of benzene rings is 1. The second-order valence-corrected chi connectivity index (χ2v) is 8.63. The molecule has 0 unspecified atom stereocenters. The van der Waals surface area contributed by atoms with E-state index in [4.69, 9.17) is 4.74 Å². The first-order valence-electron chi connectivity index (χ1n) is 10.5. The number of nitrogens with zero attached hydrogens (tertiary/aromatic N) is 1. The second kappa shape index (κ2) is 8.96. The average Bonchev–Trinajstić information content (AvgIpc) is 3.21. The second-order valence-electron chi connectivity index (χ2n) is 8.63. The third-order valence-electron chi connectivity index (χ3n) is 6.29. The van der Waals surface area contributed by atoms with Crippen LogP contribution in [0.15, 0.2) is 49.6 Å². The van der Waals surface area contributed by atoms with Crippen molar-refractivity contribution in [1.82, 2.24) is 10.2 Å². The Morgan fingerprint density at radius 3 is 2.65 bits per heavy atom. The van der Waals surface area contributed by atoms with Crippen LogP contribution >= 0.6 is 0 Å². The van der Waals surface area contributed by atoms with Gasteiger partial charge in [-0.25, -0.2) is 4.79 Å². The maximum atomic E-state index is 13.2. The highest BCUT2D eigenvalue weighted by atomic mass is 16.5. The normalized spacial score (nSPS) is 27.7. The molecule has 0 radical (unpaired) electrons. The number of hydrogen-bond acceptors (Lipinski definition) is 5. The average molecular weight is 426 g/mol. The molecule has 2 aliphatic rings. The van der Waals surface area contributed by atoms with Gasteiger partial charge in [0, 0.05) is 23.7 Å². The molecule has 7 nitrogen and oxygen atoms in total. The minimum Gasteiger partial charge on any atom is -0.465 e. The topological polar surface area (TPSA) is 87.7 Å². The molecule has 3 rings (SSSR count). The highest BCUT2D eigenvalue weighted by molar-refractivity contribution is 5.93. The van der Waals surface area contributed by atoms with Crippen molar-refractivity contribution in [3.8, 4) is 0 Å². The molecule has 2 amide bonds. The van der Waals surface area contributed by atoms with Gasteiger partial charge in [-0.2, -0.15) is 0 Å². The van der Waals surface area contributed by atoms with Crippen molar-refractivity contribution in [2.75, 3.05) is 19.0 Å². The van der Waals surface area contributed by atoms with Gasteiger partial charge in [0.25, 0.3) is 0 Å². The first kappa shape index (κ1) is 22.6. The number of methoxy groups -OCH3 is 1. The zero-order chi connectivity index (χ0) is 22.8. The molecular weight excluding hydrogens is 394 g/mol. The standard InChI is InChI=1S/C24H31N3O4/c1-6-16-11-20(21(28)26-24(4)13-18(24)7-2)27(14-16)22(29)15(3)25-19-10-8-9-17(12-19)23(30)31-5/h6-10,12,15-16,18,20,25H,1-2,11,13-14H2,3-5H3,(H,26,28)/t15-,16+,18+,20-,24+/m0/s1. The van der Waals surface area contributed by atoms with E-state index in [-0.39, 0.29) is 29.2 Å². The summed E-state index contributed by atoms with van der Waals surface area (Å²) in [4.78, 5) is 39.7. The van der Waals surface area contributed by atoms with E-state index in [2.05, 4.69) is 23.8 Å². The van der Waals surface area contributed by atoms with Crippen LogP contribution in [0, 0.1) is 11.8 Å². The van der Waals surface area contributed by atoms with Crippen molar-refractivity contribution in [3.05, 3.63) is 55.1 Å². The van der Waals surface area contributed by atoms with E-state index < -0.39 is 18.1 Å². The number of amides is 2. The maximum absolute atomic E-state index is 13.2. The van der Waals surface area contributed by atoms with E-state index in [9.17, 15) is 14.4 Å². The van der Waals surface area contributed by atoms with Crippen LogP contribution in [0.2, 0.25) is 0 Å². The van der Waals surface area contributed by atoms with Crippen LogP contribution in [0.4, 0.5) is 5.69 Å². The molecule has 1 aromatic carbocycles. The summed E-state index contributed by atoms with van der Waals surface area (Å²) in [5.41, 5.74) is 0.744. The van der Waals surface area contributed by atoms with Crippen molar-refractivity contribution in [2.45, 2.75) is 44.3 Å². The molecule has 1 aromatic rings. The van der Waals surface area contributed by atoms with Crippen LogP contribution in [-0.4, -0.2) is 54.0 Å². The number of carbonyl (C=O) groups is 3. The van der Waals surface area contributed by atoms with E-state index in [0.29, 0.717) is 24.2 Å². The summed E-state index contributed by atoms with van der Waals surface area (Å²) in [6.45, 7) is 11.9. The van der Waals surface area contributed by atoms with Crippen molar-refractivity contribution < 1.29 is 19.1 Å². The summed E-state index contributed by atoms with van der Waals surface area (Å²) in [7, 11) is 1.32. The van der Waals surface area contributed by atoms with Gasteiger partial charge in [0.2, 0.25) is 11.8 Å². The van der Waals surface area contributed by atoms with Gasteiger partial charge < -0.3 is 20.3 Å². The summed E-state index contributed by atoms with van der Waals surface area (Å²) >= 11 is 0. The van der Waals surface area contributed by atoms with Crippen molar-refractivity contribution in [3.63, 3.8) is 0 Å². The molecule has 2 fully saturated rings. The molecule has 7 heteroatoms. The number of anilines is 1. The minimum atomic E-state index is -0.579. The summed E-state index contributed by atoms with van der Waals surface area (Å²) in [6.07, 6.45) is 5.08. The summed E-state index contributed by atoms with van der Waals surface area (Å²) in [5, 5.41) is 6.24. The molecule has 1 heterocycles. The minimum absolute atomic E-state index is 0.0664. The number of ether oxygens (including phenoxy) is 1. The number of rotatable bonds is 8. The van der Waals surface area contributed by atoms with Gasteiger partial charge in [0.05, 0.1) is 12.7 Å². The maximum Gasteiger partial charge on any atom is 0.337 e. The number of nitrogens with one attached hydrogen (secondary N) is 2. The zero-order valence-electron chi connectivity index (χ0n) is 18.4. The van der Waals surface area contributed by atoms with Gasteiger partial charge in [0.1, 0.15) is 12.1 Å². The van der Waals surface area contributed by atoms with Crippen LogP contribution in [0.5, 0.6) is 0 Å². The largest absolute Gasteiger partial charge is 0.465 e. The van der Waals surface area contributed by atoms with Gasteiger partial charge >= 0.3 is 5.97 Å². The molecule has 166 valence electrons. The first-order chi connectivity index (χ1) is 14.7. The number of esters is 1. The number of carbonyl (C=O) groups excluding carboxylic acids is 3. The lowest BCUT2D eigenvalue weighted by atomic mass is 10.1. The van der Waals surface area contributed by atoms with E-state index in [1.807, 2.05) is 13.0 Å². The van der Waals surface area contributed by atoms with Gasteiger partial charge in [-0.1, -0.05) is 18.2 Å². The zero-order valence-corrected chi connectivity index (χ0v) is 18.4. The molecule has 2 N–H and O–H groups in total. The van der Waals surface area contributed by atoms with Crippen LogP contribution < -0.4 is 10.6 Å². The van der Waals surface area contributed by atoms with E-state index in [1.54, 1.807) is 42.2 Å². The number of likely N-dealkylation sites (tertiary alicyclic amines) is 1. The Morgan fingerprint density at radius 1 is 1.29 bits per heavy atom. The van der Waals surface area contributed by atoms with Crippen LogP contribution in [0.25, 0.3) is 0 Å². The molecule has 0 bridgehead atoms. The van der Waals surface area contributed by atoms with Gasteiger partial charge in [-0.05, 0) is 50.8 Å². The highest BCUT2D eigenvalue weighted by Crippen LogP contribution is 2.44. The Bertz CT molecular complexity index is 899.